The number of hydrogen-bond acceptors (Lipinski definition) is 7. The first kappa shape index (κ1) is 20.6. The number of carbonyl (C=O) groups excluding carboxylic acids is 2. The van der Waals surface area contributed by atoms with Crippen molar-refractivity contribution in [2.45, 2.75) is 18.4 Å². The Morgan fingerprint density at radius 1 is 1.21 bits per heavy atom. The van der Waals surface area contributed by atoms with Crippen molar-refractivity contribution >= 4 is 41.1 Å². The summed E-state index contributed by atoms with van der Waals surface area (Å²) in [7, 11) is 1.80. The SMILES string of the molecule is Cc1nn(C)c(C)c1NC(=O)COC(=O)COc1ccccc1C1SCCS1. The highest BCUT2D eigenvalue weighted by atomic mass is 32.2. The minimum absolute atomic E-state index is 0.239. The van der Waals surface area contributed by atoms with Crippen molar-refractivity contribution in [1.29, 1.82) is 0 Å². The molecule has 1 saturated heterocycles. The first-order valence-corrected chi connectivity index (χ1v) is 11.0. The number of nitrogens with zero attached hydrogens (tertiary/aromatic N) is 2. The van der Waals surface area contributed by atoms with Gasteiger partial charge in [-0.15, -0.1) is 23.5 Å². The fourth-order valence-electron chi connectivity index (χ4n) is 2.80. The third-order valence-electron chi connectivity index (χ3n) is 4.28. The topological polar surface area (TPSA) is 82.5 Å². The van der Waals surface area contributed by atoms with E-state index in [0.29, 0.717) is 21.7 Å². The van der Waals surface area contributed by atoms with Gasteiger partial charge in [-0.3, -0.25) is 9.48 Å². The number of ether oxygens (including phenoxy) is 2. The number of amides is 1. The maximum Gasteiger partial charge on any atom is 0.344 e. The van der Waals surface area contributed by atoms with Crippen LogP contribution in [0.15, 0.2) is 24.3 Å². The Labute approximate surface area is 172 Å². The first-order chi connectivity index (χ1) is 13.5. The molecule has 9 heteroatoms. The van der Waals surface area contributed by atoms with Crippen molar-refractivity contribution in [3.8, 4) is 5.75 Å². The lowest BCUT2D eigenvalue weighted by molar-refractivity contribution is -0.149. The van der Waals surface area contributed by atoms with Crippen LogP contribution in [0.2, 0.25) is 0 Å². The highest BCUT2D eigenvalue weighted by Gasteiger charge is 2.22. The van der Waals surface area contributed by atoms with E-state index in [1.54, 1.807) is 18.7 Å². The number of benzene rings is 1. The molecule has 0 aliphatic carbocycles. The second-order valence-electron chi connectivity index (χ2n) is 6.28. The van der Waals surface area contributed by atoms with Crippen molar-refractivity contribution in [1.82, 2.24) is 9.78 Å². The zero-order valence-electron chi connectivity index (χ0n) is 16.1. The summed E-state index contributed by atoms with van der Waals surface area (Å²) in [6.07, 6.45) is 0. The van der Waals surface area contributed by atoms with E-state index in [2.05, 4.69) is 10.4 Å². The molecule has 2 aromatic rings. The molecule has 1 aromatic carbocycles. The Morgan fingerprint density at radius 3 is 2.61 bits per heavy atom. The van der Waals surface area contributed by atoms with Gasteiger partial charge >= 0.3 is 5.97 Å². The molecule has 0 saturated carbocycles. The summed E-state index contributed by atoms with van der Waals surface area (Å²) in [4.78, 5) is 24.1. The lowest BCUT2D eigenvalue weighted by Crippen LogP contribution is -2.24. The van der Waals surface area contributed by atoms with Crippen LogP contribution in [0.5, 0.6) is 5.75 Å². The molecule has 0 radical (unpaired) electrons. The molecule has 1 amide bonds. The predicted octanol–water partition coefficient (Wildman–Crippen LogP) is 3.08. The molecule has 1 aromatic heterocycles. The molecule has 2 heterocycles. The molecular formula is C19H23N3O4S2. The van der Waals surface area contributed by atoms with Crippen molar-refractivity contribution in [2.75, 3.05) is 30.0 Å². The molecule has 0 spiro atoms. The summed E-state index contributed by atoms with van der Waals surface area (Å²) >= 11 is 3.74. The minimum Gasteiger partial charge on any atom is -0.482 e. The van der Waals surface area contributed by atoms with Crippen molar-refractivity contribution < 1.29 is 19.1 Å². The standard InChI is InChI=1S/C19H23N3O4S2/c1-12-18(13(2)22(3)21-12)20-16(23)10-26-17(24)11-25-15-7-5-4-6-14(15)19-27-8-9-28-19/h4-7,19H,8-11H2,1-3H3,(H,20,23). The fourth-order valence-corrected chi connectivity index (χ4v) is 5.71. The molecule has 0 unspecified atom stereocenters. The van der Waals surface area contributed by atoms with E-state index in [1.165, 1.54) is 0 Å². The molecule has 1 fully saturated rings. The summed E-state index contributed by atoms with van der Waals surface area (Å²) < 4.78 is 12.7. The average Bonchev–Trinajstić information content (AvgIpc) is 3.30. The normalized spacial score (nSPS) is 14.1. The number of rotatable bonds is 7. The summed E-state index contributed by atoms with van der Waals surface area (Å²) in [6.45, 7) is 3.05. The fraction of sp³-hybridized carbons (Fsp3) is 0.421. The third-order valence-corrected chi connectivity index (χ3v) is 7.35. The van der Waals surface area contributed by atoms with Crippen LogP contribution >= 0.6 is 23.5 Å². The van der Waals surface area contributed by atoms with Crippen LogP contribution in [0.4, 0.5) is 5.69 Å². The largest absolute Gasteiger partial charge is 0.482 e. The quantitative estimate of drug-likeness (QED) is 0.688. The van der Waals surface area contributed by atoms with E-state index in [9.17, 15) is 9.59 Å². The van der Waals surface area contributed by atoms with E-state index in [4.69, 9.17) is 9.47 Å². The number of aryl methyl sites for hydroxylation is 2. The van der Waals surface area contributed by atoms with Crippen LogP contribution in [0, 0.1) is 13.8 Å². The van der Waals surface area contributed by atoms with Gasteiger partial charge in [0.05, 0.1) is 21.7 Å². The molecule has 0 bridgehead atoms. The monoisotopic (exact) mass is 421 g/mol. The molecule has 1 N–H and O–H groups in total. The number of para-hydroxylation sites is 1. The van der Waals surface area contributed by atoms with Crippen molar-refractivity contribution in [3.63, 3.8) is 0 Å². The Balaban J connectivity index is 1.48. The van der Waals surface area contributed by atoms with Gasteiger partial charge in [0.15, 0.2) is 13.2 Å². The Bertz CT molecular complexity index is 863. The van der Waals surface area contributed by atoms with Crippen LogP contribution in [-0.4, -0.2) is 46.4 Å². The highest BCUT2D eigenvalue weighted by molar-refractivity contribution is 8.19. The molecule has 28 heavy (non-hydrogen) atoms. The minimum atomic E-state index is -0.587. The van der Waals surface area contributed by atoms with Crippen LogP contribution in [0.3, 0.4) is 0 Å². The summed E-state index contributed by atoms with van der Waals surface area (Å²) in [6, 6.07) is 7.71. The van der Waals surface area contributed by atoms with Gasteiger partial charge in [-0.25, -0.2) is 4.79 Å². The molecule has 1 aliphatic rings. The Morgan fingerprint density at radius 2 is 1.93 bits per heavy atom. The van der Waals surface area contributed by atoms with Gasteiger partial charge in [0, 0.05) is 24.1 Å². The number of carbonyl (C=O) groups is 2. The summed E-state index contributed by atoms with van der Waals surface area (Å²) in [5.41, 5.74) is 3.25. The summed E-state index contributed by atoms with van der Waals surface area (Å²) in [5.74, 6) is 1.90. The second-order valence-corrected chi connectivity index (χ2v) is 9.00. The van der Waals surface area contributed by atoms with Crippen molar-refractivity contribution in [3.05, 3.63) is 41.2 Å². The Kier molecular flexibility index (Phi) is 6.90. The van der Waals surface area contributed by atoms with Gasteiger partial charge in [-0.1, -0.05) is 18.2 Å². The lowest BCUT2D eigenvalue weighted by Gasteiger charge is -2.14. The van der Waals surface area contributed by atoms with Crippen LogP contribution in [0.25, 0.3) is 0 Å². The average molecular weight is 422 g/mol. The highest BCUT2D eigenvalue weighted by Crippen LogP contribution is 2.48. The number of esters is 1. The molecule has 7 nitrogen and oxygen atoms in total. The molecule has 3 rings (SSSR count). The van der Waals surface area contributed by atoms with Crippen LogP contribution < -0.4 is 10.1 Å². The zero-order valence-corrected chi connectivity index (χ0v) is 17.7. The van der Waals surface area contributed by atoms with E-state index in [0.717, 1.165) is 22.8 Å². The van der Waals surface area contributed by atoms with E-state index in [-0.39, 0.29) is 13.2 Å². The van der Waals surface area contributed by atoms with Gasteiger partial charge in [0.2, 0.25) is 0 Å². The first-order valence-electron chi connectivity index (χ1n) is 8.86. The third kappa shape index (κ3) is 5.02. The van der Waals surface area contributed by atoms with Gasteiger partial charge in [0.25, 0.3) is 5.91 Å². The second kappa shape index (κ2) is 9.38. The molecule has 1 aliphatic heterocycles. The number of hydrogen-bond donors (Lipinski definition) is 1. The van der Waals surface area contributed by atoms with E-state index >= 15 is 0 Å². The van der Waals surface area contributed by atoms with Gasteiger partial charge in [0.1, 0.15) is 5.75 Å². The maximum atomic E-state index is 12.1. The molecule has 0 atom stereocenters. The van der Waals surface area contributed by atoms with Crippen LogP contribution in [0.1, 0.15) is 21.5 Å². The van der Waals surface area contributed by atoms with Gasteiger partial charge in [-0.05, 0) is 19.9 Å². The molecule has 150 valence electrons. The number of thioether (sulfide) groups is 2. The summed E-state index contributed by atoms with van der Waals surface area (Å²) in [5, 5.41) is 6.96. The number of nitrogens with one attached hydrogen (secondary N) is 1. The number of anilines is 1. The van der Waals surface area contributed by atoms with Crippen LogP contribution in [-0.2, 0) is 21.4 Å². The predicted molar refractivity (Wildman–Crippen MR) is 112 cm³/mol. The van der Waals surface area contributed by atoms with E-state index in [1.807, 2.05) is 54.7 Å². The number of aromatic nitrogens is 2. The lowest BCUT2D eigenvalue weighted by atomic mass is 10.2. The van der Waals surface area contributed by atoms with E-state index < -0.39 is 11.9 Å². The van der Waals surface area contributed by atoms with Crippen molar-refractivity contribution in [2.24, 2.45) is 7.05 Å². The smallest absolute Gasteiger partial charge is 0.344 e. The van der Waals surface area contributed by atoms with Gasteiger partial charge in [-0.2, -0.15) is 5.10 Å². The molecular weight excluding hydrogens is 398 g/mol. The zero-order chi connectivity index (χ0) is 20.1. The van der Waals surface area contributed by atoms with Gasteiger partial charge < -0.3 is 14.8 Å². The Hall–Kier alpha value is -2.13. The maximum absolute atomic E-state index is 12.1.